The Kier molecular flexibility index (Phi) is 7.99. The van der Waals surface area contributed by atoms with Crippen LogP contribution < -0.4 is 20.1 Å². The van der Waals surface area contributed by atoms with Crippen LogP contribution in [0.4, 0.5) is 11.8 Å². The van der Waals surface area contributed by atoms with E-state index in [0.717, 1.165) is 10.0 Å². The van der Waals surface area contributed by atoms with Gasteiger partial charge >= 0.3 is 0 Å². The minimum absolute atomic E-state index is 0. The van der Waals surface area contributed by atoms with E-state index >= 15 is 0 Å². The van der Waals surface area contributed by atoms with Crippen molar-refractivity contribution in [1.29, 1.82) is 0 Å². The third kappa shape index (κ3) is 5.48. The molecule has 174 valence electrons. The van der Waals surface area contributed by atoms with Crippen molar-refractivity contribution in [3.8, 4) is 11.5 Å². The fourth-order valence-electron chi connectivity index (χ4n) is 3.58. The molecule has 0 bridgehead atoms. The zero-order valence-corrected chi connectivity index (χ0v) is 20.7. The van der Waals surface area contributed by atoms with Gasteiger partial charge in [0.05, 0.1) is 19.7 Å². The molecular weight excluding hydrogens is 510 g/mol. The van der Waals surface area contributed by atoms with Crippen LogP contribution in [0.25, 0.3) is 17.0 Å². The number of aromatic nitrogens is 2. The van der Waals surface area contributed by atoms with Crippen molar-refractivity contribution >= 4 is 63.0 Å². The number of methoxy groups -OCH3 is 2. The molecule has 0 spiro atoms. The lowest BCUT2D eigenvalue weighted by Crippen LogP contribution is -2.48. The third-order valence-electron chi connectivity index (χ3n) is 5.38. The Hall–Kier alpha value is -3.04. The molecule has 2 aromatic carbocycles. The number of piperazine rings is 1. The van der Waals surface area contributed by atoms with Crippen molar-refractivity contribution < 1.29 is 14.3 Å². The topological polar surface area (TPSA) is 93.8 Å². The lowest BCUT2D eigenvalue weighted by Gasteiger charge is -2.34. The van der Waals surface area contributed by atoms with Crippen molar-refractivity contribution in [2.75, 3.05) is 51.0 Å². The molecule has 0 aliphatic carbocycles. The maximum atomic E-state index is 12.6. The van der Waals surface area contributed by atoms with E-state index in [-0.39, 0.29) is 18.3 Å². The number of carbonyl (C=O) groups excluding carboxylic acids is 1. The highest BCUT2D eigenvalue weighted by atomic mass is 79.9. The van der Waals surface area contributed by atoms with Crippen LogP contribution >= 0.6 is 28.3 Å². The fraction of sp³-hybridized carbons (Fsp3) is 0.261. The summed E-state index contributed by atoms with van der Waals surface area (Å²) in [7, 11) is 3.15. The number of fused-ring (bicyclic) bond motifs is 1. The number of benzene rings is 2. The Balaban J connectivity index is 0.00000306. The molecule has 4 rings (SSSR count). The lowest BCUT2D eigenvalue weighted by atomic mass is 10.2. The average Bonchev–Trinajstić information content (AvgIpc) is 2.82. The molecule has 1 amide bonds. The van der Waals surface area contributed by atoms with E-state index in [1.165, 1.54) is 0 Å². The predicted molar refractivity (Wildman–Crippen MR) is 136 cm³/mol. The maximum absolute atomic E-state index is 12.6. The number of nitrogens with zero attached hydrogens (tertiary/aromatic N) is 4. The van der Waals surface area contributed by atoms with Gasteiger partial charge in [0.15, 0.2) is 11.5 Å². The molecule has 10 heteroatoms. The van der Waals surface area contributed by atoms with Gasteiger partial charge < -0.3 is 25.0 Å². The molecule has 1 aromatic heterocycles. The fourth-order valence-corrected chi connectivity index (χ4v) is 3.85. The third-order valence-corrected chi connectivity index (χ3v) is 5.91. The van der Waals surface area contributed by atoms with E-state index in [1.807, 2.05) is 40.1 Å². The molecule has 0 unspecified atom stereocenters. The summed E-state index contributed by atoms with van der Waals surface area (Å²) in [5.41, 5.74) is 7.87. The number of rotatable bonds is 5. The van der Waals surface area contributed by atoms with E-state index in [2.05, 4.69) is 25.9 Å². The van der Waals surface area contributed by atoms with Gasteiger partial charge in [0, 0.05) is 48.2 Å². The number of carbonyl (C=O) groups is 1. The Morgan fingerprint density at radius 2 is 1.67 bits per heavy atom. The summed E-state index contributed by atoms with van der Waals surface area (Å²) in [6.07, 6.45) is 3.44. The molecule has 1 saturated heterocycles. The molecule has 1 aliphatic heterocycles. The molecule has 2 heterocycles. The monoisotopic (exact) mass is 533 g/mol. The summed E-state index contributed by atoms with van der Waals surface area (Å²) < 4.78 is 11.7. The van der Waals surface area contributed by atoms with Gasteiger partial charge in [0.25, 0.3) is 0 Å². The Labute approximate surface area is 206 Å². The van der Waals surface area contributed by atoms with E-state index < -0.39 is 0 Å². The molecule has 33 heavy (non-hydrogen) atoms. The van der Waals surface area contributed by atoms with Gasteiger partial charge in [-0.3, -0.25) is 4.79 Å². The van der Waals surface area contributed by atoms with E-state index in [9.17, 15) is 4.79 Å². The Morgan fingerprint density at radius 3 is 2.30 bits per heavy atom. The smallest absolute Gasteiger partial charge is 0.246 e. The van der Waals surface area contributed by atoms with Gasteiger partial charge in [-0.15, -0.1) is 12.4 Å². The first-order valence-corrected chi connectivity index (χ1v) is 10.9. The molecule has 1 aliphatic rings. The molecule has 8 nitrogen and oxygen atoms in total. The maximum Gasteiger partial charge on any atom is 0.246 e. The summed E-state index contributed by atoms with van der Waals surface area (Å²) in [6, 6.07) is 11.4. The zero-order valence-electron chi connectivity index (χ0n) is 18.3. The van der Waals surface area contributed by atoms with E-state index in [1.54, 1.807) is 32.4 Å². The SMILES string of the molecule is COc1cc2nc(N3CCN(C(=O)/C=C/c4ccc(Br)cc4)CC3)nc(N)c2cc1OC.Cl. The minimum atomic E-state index is -0.0108. The second kappa shape index (κ2) is 10.7. The van der Waals surface area contributed by atoms with Crippen molar-refractivity contribution in [1.82, 2.24) is 14.9 Å². The van der Waals surface area contributed by atoms with Crippen LogP contribution in [0.15, 0.2) is 46.9 Å². The second-order valence-corrected chi connectivity index (χ2v) is 8.25. The number of nitrogens with two attached hydrogens (primary N) is 1. The number of hydrogen-bond acceptors (Lipinski definition) is 7. The van der Waals surface area contributed by atoms with Crippen LogP contribution in [0.3, 0.4) is 0 Å². The Morgan fingerprint density at radius 1 is 1.03 bits per heavy atom. The highest BCUT2D eigenvalue weighted by molar-refractivity contribution is 9.10. The van der Waals surface area contributed by atoms with Crippen molar-refractivity contribution in [2.24, 2.45) is 0 Å². The van der Waals surface area contributed by atoms with Crippen LogP contribution in [-0.2, 0) is 4.79 Å². The lowest BCUT2D eigenvalue weighted by molar-refractivity contribution is -0.126. The zero-order chi connectivity index (χ0) is 22.7. The molecule has 0 saturated carbocycles. The van der Waals surface area contributed by atoms with Gasteiger partial charge in [-0.05, 0) is 29.8 Å². The number of hydrogen-bond donors (Lipinski definition) is 1. The normalized spacial score (nSPS) is 13.8. The van der Waals surface area contributed by atoms with Gasteiger partial charge in [0.2, 0.25) is 11.9 Å². The predicted octanol–water partition coefficient (Wildman–Crippen LogP) is 3.78. The highest BCUT2D eigenvalue weighted by Gasteiger charge is 2.22. The number of ether oxygens (including phenoxy) is 2. The first-order chi connectivity index (χ1) is 15.5. The summed E-state index contributed by atoms with van der Waals surface area (Å²) in [4.78, 5) is 25.6. The standard InChI is InChI=1S/C23H24BrN5O3.ClH/c1-31-19-13-17-18(14-20(19)32-2)26-23(27-22(17)25)29-11-9-28(10-12-29)21(30)8-5-15-3-6-16(24)7-4-15;/h3-8,13-14H,9-12H2,1-2H3,(H2,25,26,27);1H/b8-5+;. The van der Waals surface area contributed by atoms with Crippen LogP contribution in [0, 0.1) is 0 Å². The number of halogens is 2. The number of amides is 1. The summed E-state index contributed by atoms with van der Waals surface area (Å²) in [5.74, 6) is 2.06. The van der Waals surface area contributed by atoms with Crippen molar-refractivity contribution in [3.05, 3.63) is 52.5 Å². The molecule has 0 atom stereocenters. The van der Waals surface area contributed by atoms with E-state index in [4.69, 9.17) is 15.2 Å². The van der Waals surface area contributed by atoms with Crippen LogP contribution in [-0.4, -0.2) is 61.2 Å². The first-order valence-electron chi connectivity index (χ1n) is 10.1. The molecular formula is C23H25BrClN5O3. The average molecular weight is 535 g/mol. The molecule has 2 N–H and O–H groups in total. The number of anilines is 2. The quantitative estimate of drug-likeness (QED) is 0.498. The van der Waals surface area contributed by atoms with Crippen LogP contribution in [0.2, 0.25) is 0 Å². The van der Waals surface area contributed by atoms with Crippen LogP contribution in [0.1, 0.15) is 5.56 Å². The molecule has 1 fully saturated rings. The molecule has 0 radical (unpaired) electrons. The number of nitrogen functional groups attached to an aromatic ring is 1. The minimum Gasteiger partial charge on any atom is -0.493 e. The molecule has 3 aromatic rings. The van der Waals surface area contributed by atoms with E-state index in [0.29, 0.717) is 60.3 Å². The van der Waals surface area contributed by atoms with Gasteiger partial charge in [0.1, 0.15) is 5.82 Å². The first kappa shape index (κ1) is 24.6. The summed E-state index contributed by atoms with van der Waals surface area (Å²) >= 11 is 3.41. The van der Waals surface area contributed by atoms with Gasteiger partial charge in [-0.2, -0.15) is 4.98 Å². The van der Waals surface area contributed by atoms with Gasteiger partial charge in [-0.25, -0.2) is 4.98 Å². The Bertz CT molecular complexity index is 1160. The largest absolute Gasteiger partial charge is 0.493 e. The highest BCUT2D eigenvalue weighted by Crippen LogP contribution is 2.34. The van der Waals surface area contributed by atoms with Crippen molar-refractivity contribution in [2.45, 2.75) is 0 Å². The summed E-state index contributed by atoms with van der Waals surface area (Å²) in [5, 5.41) is 0.707. The second-order valence-electron chi connectivity index (χ2n) is 7.33. The van der Waals surface area contributed by atoms with Crippen molar-refractivity contribution in [3.63, 3.8) is 0 Å². The van der Waals surface area contributed by atoms with Crippen LogP contribution in [0.5, 0.6) is 11.5 Å². The van der Waals surface area contributed by atoms with Gasteiger partial charge in [-0.1, -0.05) is 28.1 Å². The summed E-state index contributed by atoms with van der Waals surface area (Å²) in [6.45, 7) is 2.40.